The molecule has 1 heterocycles. The third-order valence-electron chi connectivity index (χ3n) is 6.56. The SMILES string of the molecule is CCCC1CC(=O)NC2CC(NC(=O)Cc3cccc4ccccc34)CCC12. The zero-order valence-corrected chi connectivity index (χ0v) is 16.6. The fraction of sp³-hybridized carbons (Fsp3) is 0.500. The first-order chi connectivity index (χ1) is 13.6. The largest absolute Gasteiger partial charge is 0.353 e. The van der Waals surface area contributed by atoms with Gasteiger partial charge in [-0.3, -0.25) is 9.59 Å². The lowest BCUT2D eigenvalue weighted by Gasteiger charge is -2.44. The lowest BCUT2D eigenvalue weighted by molar-refractivity contribution is -0.127. The van der Waals surface area contributed by atoms with E-state index in [9.17, 15) is 9.59 Å². The van der Waals surface area contributed by atoms with Gasteiger partial charge in [0.15, 0.2) is 0 Å². The van der Waals surface area contributed by atoms with Crippen molar-refractivity contribution in [1.82, 2.24) is 10.6 Å². The summed E-state index contributed by atoms with van der Waals surface area (Å²) in [5.41, 5.74) is 1.07. The molecule has 4 atom stereocenters. The molecule has 2 N–H and O–H groups in total. The second-order valence-corrected chi connectivity index (χ2v) is 8.48. The summed E-state index contributed by atoms with van der Waals surface area (Å²) >= 11 is 0. The number of hydrogen-bond donors (Lipinski definition) is 2. The monoisotopic (exact) mass is 378 g/mol. The minimum atomic E-state index is 0.0760. The molecule has 4 heteroatoms. The first kappa shape index (κ1) is 19.0. The minimum Gasteiger partial charge on any atom is -0.353 e. The summed E-state index contributed by atoms with van der Waals surface area (Å²) in [5.74, 6) is 1.34. The zero-order valence-electron chi connectivity index (χ0n) is 16.6. The Bertz CT molecular complexity index is 857. The standard InChI is InChI=1S/C24H30N2O2/c1-2-6-17-13-24(28)26-22-15-19(11-12-21(17)22)25-23(27)14-18-9-5-8-16-7-3-4-10-20(16)18/h3-5,7-10,17,19,21-22H,2,6,11-15H2,1H3,(H,25,27)(H,26,28). The summed E-state index contributed by atoms with van der Waals surface area (Å²) in [6, 6.07) is 14.7. The number of carbonyl (C=O) groups excluding carboxylic acids is 2. The first-order valence-electron chi connectivity index (χ1n) is 10.7. The van der Waals surface area contributed by atoms with Crippen LogP contribution >= 0.6 is 0 Å². The maximum Gasteiger partial charge on any atom is 0.224 e. The summed E-state index contributed by atoms with van der Waals surface area (Å²) in [6.45, 7) is 2.20. The lowest BCUT2D eigenvalue weighted by atomic mass is 9.70. The maximum absolute atomic E-state index is 12.7. The highest BCUT2D eigenvalue weighted by Gasteiger charge is 2.40. The fourth-order valence-electron chi connectivity index (χ4n) is 5.30. The molecule has 1 saturated carbocycles. The Balaban J connectivity index is 1.38. The molecular formula is C24H30N2O2. The predicted octanol–water partition coefficient (Wildman–Crippen LogP) is 3.97. The highest BCUT2D eigenvalue weighted by atomic mass is 16.2. The Kier molecular flexibility index (Phi) is 5.65. The Labute approximate surface area is 167 Å². The molecule has 4 unspecified atom stereocenters. The molecule has 0 radical (unpaired) electrons. The van der Waals surface area contributed by atoms with Crippen molar-refractivity contribution in [2.45, 2.75) is 64.0 Å². The van der Waals surface area contributed by atoms with Gasteiger partial charge in [-0.25, -0.2) is 0 Å². The van der Waals surface area contributed by atoms with Crippen LogP contribution in [0.1, 0.15) is 51.0 Å². The quantitative estimate of drug-likeness (QED) is 0.827. The summed E-state index contributed by atoms with van der Waals surface area (Å²) in [5, 5.41) is 8.74. The predicted molar refractivity (Wildman–Crippen MR) is 112 cm³/mol. The van der Waals surface area contributed by atoms with Gasteiger partial charge in [0.05, 0.1) is 6.42 Å². The molecule has 2 aromatic carbocycles. The number of hydrogen-bond acceptors (Lipinski definition) is 2. The van der Waals surface area contributed by atoms with Crippen molar-refractivity contribution in [3.8, 4) is 0 Å². The van der Waals surface area contributed by atoms with E-state index in [4.69, 9.17) is 0 Å². The van der Waals surface area contributed by atoms with Crippen LogP contribution < -0.4 is 10.6 Å². The van der Waals surface area contributed by atoms with Gasteiger partial charge in [0.2, 0.25) is 11.8 Å². The molecule has 1 aliphatic carbocycles. The number of fused-ring (bicyclic) bond motifs is 2. The summed E-state index contributed by atoms with van der Waals surface area (Å²) in [7, 11) is 0. The van der Waals surface area contributed by atoms with E-state index in [2.05, 4.69) is 35.8 Å². The van der Waals surface area contributed by atoms with Crippen LogP contribution in [0.5, 0.6) is 0 Å². The molecule has 1 saturated heterocycles. The molecule has 2 fully saturated rings. The van der Waals surface area contributed by atoms with Gasteiger partial charge in [-0.2, -0.15) is 0 Å². The van der Waals surface area contributed by atoms with Gasteiger partial charge >= 0.3 is 0 Å². The van der Waals surface area contributed by atoms with E-state index in [1.807, 2.05) is 24.3 Å². The van der Waals surface area contributed by atoms with Gasteiger partial charge in [-0.05, 0) is 53.9 Å². The third kappa shape index (κ3) is 4.06. The van der Waals surface area contributed by atoms with Crippen LogP contribution in [-0.4, -0.2) is 23.9 Å². The highest BCUT2D eigenvalue weighted by molar-refractivity contribution is 5.90. The number of nitrogens with one attached hydrogen (secondary N) is 2. The normalized spacial score (nSPS) is 27.1. The fourth-order valence-corrected chi connectivity index (χ4v) is 5.30. The molecule has 0 aromatic heterocycles. The lowest BCUT2D eigenvalue weighted by Crippen LogP contribution is -2.55. The average Bonchev–Trinajstić information content (AvgIpc) is 2.68. The second-order valence-electron chi connectivity index (χ2n) is 8.48. The maximum atomic E-state index is 12.7. The van der Waals surface area contributed by atoms with Crippen molar-refractivity contribution in [2.75, 3.05) is 0 Å². The summed E-state index contributed by atoms with van der Waals surface area (Å²) < 4.78 is 0. The van der Waals surface area contributed by atoms with E-state index >= 15 is 0 Å². The Morgan fingerprint density at radius 2 is 1.96 bits per heavy atom. The molecule has 2 amide bonds. The average molecular weight is 379 g/mol. The number of rotatable bonds is 5. The molecule has 28 heavy (non-hydrogen) atoms. The van der Waals surface area contributed by atoms with Gasteiger partial charge in [0, 0.05) is 18.5 Å². The molecular weight excluding hydrogens is 348 g/mol. The van der Waals surface area contributed by atoms with Crippen LogP contribution in [0.3, 0.4) is 0 Å². The topological polar surface area (TPSA) is 58.2 Å². The van der Waals surface area contributed by atoms with Crippen molar-refractivity contribution in [2.24, 2.45) is 11.8 Å². The van der Waals surface area contributed by atoms with Crippen LogP contribution in [0.4, 0.5) is 0 Å². The van der Waals surface area contributed by atoms with E-state index < -0.39 is 0 Å². The molecule has 148 valence electrons. The van der Waals surface area contributed by atoms with Crippen molar-refractivity contribution >= 4 is 22.6 Å². The van der Waals surface area contributed by atoms with E-state index in [0.717, 1.165) is 43.1 Å². The van der Waals surface area contributed by atoms with Crippen LogP contribution in [0.15, 0.2) is 42.5 Å². The molecule has 2 aromatic rings. The molecule has 4 rings (SSSR count). The summed E-state index contributed by atoms with van der Waals surface area (Å²) in [4.78, 5) is 24.8. The van der Waals surface area contributed by atoms with Gasteiger partial charge in [-0.15, -0.1) is 0 Å². The van der Waals surface area contributed by atoms with E-state index in [1.165, 1.54) is 5.39 Å². The third-order valence-corrected chi connectivity index (χ3v) is 6.56. The molecule has 1 aliphatic heterocycles. The molecule has 0 spiro atoms. The van der Waals surface area contributed by atoms with Gasteiger partial charge < -0.3 is 10.6 Å². The number of piperidine rings is 1. The second kappa shape index (κ2) is 8.34. The van der Waals surface area contributed by atoms with Crippen LogP contribution in [0, 0.1) is 11.8 Å². The highest BCUT2D eigenvalue weighted by Crippen LogP contribution is 2.37. The van der Waals surface area contributed by atoms with E-state index in [0.29, 0.717) is 24.7 Å². The minimum absolute atomic E-state index is 0.0760. The molecule has 2 aliphatic rings. The van der Waals surface area contributed by atoms with Crippen molar-refractivity contribution < 1.29 is 9.59 Å². The first-order valence-corrected chi connectivity index (χ1v) is 10.7. The Hall–Kier alpha value is -2.36. The van der Waals surface area contributed by atoms with E-state index in [-0.39, 0.29) is 23.9 Å². The van der Waals surface area contributed by atoms with Crippen LogP contribution in [0.25, 0.3) is 10.8 Å². The zero-order chi connectivity index (χ0) is 19.5. The van der Waals surface area contributed by atoms with Crippen molar-refractivity contribution in [3.63, 3.8) is 0 Å². The van der Waals surface area contributed by atoms with Crippen molar-refractivity contribution in [3.05, 3.63) is 48.0 Å². The number of carbonyl (C=O) groups is 2. The number of benzene rings is 2. The molecule has 4 nitrogen and oxygen atoms in total. The van der Waals surface area contributed by atoms with Crippen LogP contribution in [0.2, 0.25) is 0 Å². The summed E-state index contributed by atoms with van der Waals surface area (Å²) in [6.07, 6.45) is 6.30. The Morgan fingerprint density at radius 1 is 1.14 bits per heavy atom. The van der Waals surface area contributed by atoms with Crippen LogP contribution in [-0.2, 0) is 16.0 Å². The molecule has 0 bridgehead atoms. The Morgan fingerprint density at radius 3 is 2.82 bits per heavy atom. The van der Waals surface area contributed by atoms with Gasteiger partial charge in [-0.1, -0.05) is 55.8 Å². The van der Waals surface area contributed by atoms with Gasteiger partial charge in [0.25, 0.3) is 0 Å². The number of amides is 2. The van der Waals surface area contributed by atoms with Crippen molar-refractivity contribution in [1.29, 1.82) is 0 Å². The smallest absolute Gasteiger partial charge is 0.224 e. The van der Waals surface area contributed by atoms with Gasteiger partial charge in [0.1, 0.15) is 0 Å². The van der Waals surface area contributed by atoms with E-state index in [1.54, 1.807) is 0 Å².